The standard InChI is InChI=1S/C13H15F2NO2.C11H10N2O2S/c14-13(15)17-11-4-3-9(7-12(11)18-13)5-6-16-8-10-1-2-10;1-6-3-2-4-7(5-6)9-8(10(14)15)13-11(12)16-9/h3-4,7,10,16H,1-2,5-6,8H2;2-5H,1H3,(H2,12,13)(H,14,15). The number of aromatic carboxylic acids is 1. The average molecular weight is 490 g/mol. The molecule has 1 fully saturated rings. The van der Waals surface area contributed by atoms with Crippen LogP contribution >= 0.6 is 11.3 Å². The number of carbonyl (C=O) groups is 1. The van der Waals surface area contributed by atoms with E-state index in [1.165, 1.54) is 30.2 Å². The van der Waals surface area contributed by atoms with Gasteiger partial charge in [0.05, 0.1) is 4.88 Å². The molecule has 0 radical (unpaired) electrons. The highest BCUT2D eigenvalue weighted by atomic mass is 32.1. The number of alkyl halides is 2. The molecular formula is C24H25F2N3O4S. The van der Waals surface area contributed by atoms with Crippen LogP contribution < -0.4 is 20.5 Å². The normalized spacial score (nSPS) is 15.5. The number of anilines is 1. The van der Waals surface area contributed by atoms with Crippen molar-refractivity contribution in [2.75, 3.05) is 18.8 Å². The number of nitrogen functional groups attached to an aromatic ring is 1. The van der Waals surface area contributed by atoms with Gasteiger partial charge < -0.3 is 25.6 Å². The Morgan fingerprint density at radius 1 is 1.24 bits per heavy atom. The molecule has 2 heterocycles. The maximum atomic E-state index is 12.8. The highest BCUT2D eigenvalue weighted by Gasteiger charge is 2.43. The molecule has 1 saturated carbocycles. The average Bonchev–Trinajstić information content (AvgIpc) is 3.43. The van der Waals surface area contributed by atoms with Crippen LogP contribution in [0.2, 0.25) is 0 Å². The third-order valence-electron chi connectivity index (χ3n) is 5.31. The zero-order valence-electron chi connectivity index (χ0n) is 18.5. The van der Waals surface area contributed by atoms with E-state index in [0.717, 1.165) is 42.1 Å². The van der Waals surface area contributed by atoms with Gasteiger partial charge in [0.25, 0.3) is 0 Å². The van der Waals surface area contributed by atoms with Crippen molar-refractivity contribution < 1.29 is 28.2 Å². The van der Waals surface area contributed by atoms with Gasteiger partial charge >= 0.3 is 12.3 Å². The summed E-state index contributed by atoms with van der Waals surface area (Å²) in [7, 11) is 0. The summed E-state index contributed by atoms with van der Waals surface area (Å²) >= 11 is 1.19. The second kappa shape index (κ2) is 9.94. The van der Waals surface area contributed by atoms with E-state index in [1.807, 2.05) is 31.2 Å². The van der Waals surface area contributed by atoms with Crippen molar-refractivity contribution >= 4 is 22.4 Å². The summed E-state index contributed by atoms with van der Waals surface area (Å²) in [5.74, 6) is 0.0271. The third-order valence-corrected chi connectivity index (χ3v) is 6.25. The topological polar surface area (TPSA) is 107 Å². The molecule has 5 rings (SSSR count). The summed E-state index contributed by atoms with van der Waals surface area (Å²) in [6.07, 6.45) is -0.0711. The Morgan fingerprint density at radius 3 is 2.71 bits per heavy atom. The number of carboxylic acid groups (broad SMARTS) is 1. The quantitative estimate of drug-likeness (QED) is 0.403. The van der Waals surface area contributed by atoms with E-state index in [2.05, 4.69) is 19.8 Å². The molecule has 34 heavy (non-hydrogen) atoms. The second-order valence-electron chi connectivity index (χ2n) is 8.25. The first-order valence-electron chi connectivity index (χ1n) is 10.9. The molecule has 7 nitrogen and oxygen atoms in total. The SMILES string of the molecule is Cc1cccc(-c2sc(N)nc2C(=O)O)c1.FC1(F)Oc2ccc(CCNCC3CC3)cc2O1. The minimum absolute atomic E-state index is 0.0214. The number of hydrogen-bond donors (Lipinski definition) is 3. The Hall–Kier alpha value is -3.24. The van der Waals surface area contributed by atoms with Crippen LogP contribution in [0.4, 0.5) is 13.9 Å². The van der Waals surface area contributed by atoms with Crippen LogP contribution in [-0.4, -0.2) is 35.4 Å². The number of hydrogen-bond acceptors (Lipinski definition) is 7. The second-order valence-corrected chi connectivity index (χ2v) is 9.28. The largest absolute Gasteiger partial charge is 0.586 e. The van der Waals surface area contributed by atoms with E-state index in [0.29, 0.717) is 4.88 Å². The van der Waals surface area contributed by atoms with Crippen LogP contribution in [0.3, 0.4) is 0 Å². The lowest BCUT2D eigenvalue weighted by molar-refractivity contribution is -0.286. The van der Waals surface area contributed by atoms with Crippen LogP contribution in [-0.2, 0) is 6.42 Å². The van der Waals surface area contributed by atoms with Crippen LogP contribution in [0.25, 0.3) is 10.4 Å². The lowest BCUT2D eigenvalue weighted by atomic mass is 10.1. The molecule has 1 aliphatic carbocycles. The number of nitrogens with two attached hydrogens (primary N) is 1. The molecule has 0 bridgehead atoms. The first-order chi connectivity index (χ1) is 16.2. The molecule has 180 valence electrons. The highest BCUT2D eigenvalue weighted by Crippen LogP contribution is 2.41. The lowest BCUT2D eigenvalue weighted by Crippen LogP contribution is -2.25. The van der Waals surface area contributed by atoms with E-state index in [9.17, 15) is 13.6 Å². The summed E-state index contributed by atoms with van der Waals surface area (Å²) in [5, 5.41) is 12.6. The predicted molar refractivity (Wildman–Crippen MR) is 126 cm³/mol. The highest BCUT2D eigenvalue weighted by molar-refractivity contribution is 7.19. The minimum atomic E-state index is -3.52. The number of halogens is 2. The van der Waals surface area contributed by atoms with E-state index >= 15 is 0 Å². The minimum Gasteiger partial charge on any atom is -0.476 e. The molecule has 0 spiro atoms. The van der Waals surface area contributed by atoms with Crippen molar-refractivity contribution in [3.8, 4) is 21.9 Å². The molecule has 4 N–H and O–H groups in total. The first-order valence-corrected chi connectivity index (χ1v) is 11.7. The van der Waals surface area contributed by atoms with Gasteiger partial charge in [-0.15, -0.1) is 8.78 Å². The number of aromatic nitrogens is 1. The molecule has 0 amide bonds. The van der Waals surface area contributed by atoms with Crippen molar-refractivity contribution in [1.29, 1.82) is 0 Å². The summed E-state index contributed by atoms with van der Waals surface area (Å²) in [4.78, 5) is 15.4. The Balaban J connectivity index is 0.000000162. The number of ether oxygens (including phenoxy) is 2. The number of rotatable bonds is 7. The zero-order valence-corrected chi connectivity index (χ0v) is 19.3. The van der Waals surface area contributed by atoms with Gasteiger partial charge in [-0.25, -0.2) is 9.78 Å². The van der Waals surface area contributed by atoms with Crippen molar-refractivity contribution in [3.63, 3.8) is 0 Å². The summed E-state index contributed by atoms with van der Waals surface area (Å²) in [6, 6.07) is 12.6. The molecule has 0 atom stereocenters. The number of nitrogens with one attached hydrogen (secondary N) is 1. The number of nitrogens with zero attached hydrogens (tertiary/aromatic N) is 1. The molecule has 10 heteroatoms. The van der Waals surface area contributed by atoms with Gasteiger partial charge in [0, 0.05) is 0 Å². The molecule has 2 aliphatic rings. The maximum absolute atomic E-state index is 12.8. The smallest absolute Gasteiger partial charge is 0.476 e. The fourth-order valence-electron chi connectivity index (χ4n) is 3.47. The molecule has 1 aromatic heterocycles. The van der Waals surface area contributed by atoms with Gasteiger partial charge in [0.15, 0.2) is 22.3 Å². The fourth-order valence-corrected chi connectivity index (χ4v) is 4.29. The maximum Gasteiger partial charge on any atom is 0.586 e. The molecule has 0 unspecified atom stereocenters. The molecule has 0 saturated heterocycles. The third kappa shape index (κ3) is 6.21. The molecular weight excluding hydrogens is 464 g/mol. The zero-order chi connectivity index (χ0) is 24.3. The number of carboxylic acids is 1. The van der Waals surface area contributed by atoms with Gasteiger partial charge in [0.1, 0.15) is 0 Å². The van der Waals surface area contributed by atoms with Crippen molar-refractivity contribution in [1.82, 2.24) is 10.3 Å². The Labute approximate surface area is 199 Å². The van der Waals surface area contributed by atoms with Crippen LogP contribution in [0.5, 0.6) is 11.5 Å². The summed E-state index contributed by atoms with van der Waals surface area (Å²) in [5.41, 5.74) is 8.44. The van der Waals surface area contributed by atoms with Gasteiger partial charge in [-0.05, 0) is 68.5 Å². The fraction of sp³-hybridized carbons (Fsp3) is 0.333. The number of benzene rings is 2. The van der Waals surface area contributed by atoms with Crippen molar-refractivity contribution in [3.05, 3.63) is 59.3 Å². The van der Waals surface area contributed by atoms with Gasteiger partial charge in [-0.1, -0.05) is 47.2 Å². The van der Waals surface area contributed by atoms with Crippen LogP contribution in [0.1, 0.15) is 34.5 Å². The van der Waals surface area contributed by atoms with Crippen LogP contribution in [0.15, 0.2) is 42.5 Å². The number of fused-ring (bicyclic) bond motifs is 1. The van der Waals surface area contributed by atoms with Gasteiger partial charge in [-0.2, -0.15) is 0 Å². The molecule has 3 aromatic rings. The van der Waals surface area contributed by atoms with Gasteiger partial charge in [0.2, 0.25) is 0 Å². The van der Waals surface area contributed by atoms with Crippen molar-refractivity contribution in [2.24, 2.45) is 5.92 Å². The van der Waals surface area contributed by atoms with E-state index in [4.69, 9.17) is 10.8 Å². The molecule has 1 aliphatic heterocycles. The summed E-state index contributed by atoms with van der Waals surface area (Å²) < 4.78 is 34.4. The first kappa shape index (κ1) is 23.9. The van der Waals surface area contributed by atoms with Crippen LogP contribution in [0, 0.1) is 12.8 Å². The van der Waals surface area contributed by atoms with E-state index in [-0.39, 0.29) is 22.3 Å². The Bertz CT molecular complexity index is 1180. The summed E-state index contributed by atoms with van der Waals surface area (Å²) in [6.45, 7) is 3.86. The predicted octanol–water partition coefficient (Wildman–Crippen LogP) is 4.95. The number of aryl methyl sites for hydroxylation is 1. The van der Waals surface area contributed by atoms with E-state index < -0.39 is 12.3 Å². The number of thiazole rings is 1. The van der Waals surface area contributed by atoms with E-state index in [1.54, 1.807) is 12.1 Å². The van der Waals surface area contributed by atoms with Crippen molar-refractivity contribution in [2.45, 2.75) is 32.5 Å². The monoisotopic (exact) mass is 489 g/mol. The molecule has 2 aromatic carbocycles. The Kier molecular flexibility index (Phi) is 6.99. The van der Waals surface area contributed by atoms with Gasteiger partial charge in [-0.3, -0.25) is 0 Å². The lowest BCUT2D eigenvalue weighted by Gasteiger charge is -2.05. The Morgan fingerprint density at radius 2 is 2.00 bits per heavy atom.